The highest BCUT2D eigenvalue weighted by molar-refractivity contribution is 6.35. The van der Waals surface area contributed by atoms with Gasteiger partial charge < -0.3 is 34.2 Å². The van der Waals surface area contributed by atoms with Crippen LogP contribution < -0.4 is 20.2 Å². The molecule has 5 aromatic rings. The van der Waals surface area contributed by atoms with Crippen LogP contribution in [0.4, 0.5) is 15.9 Å². The summed E-state index contributed by atoms with van der Waals surface area (Å²) in [6.45, 7) is 2.62. The van der Waals surface area contributed by atoms with E-state index in [2.05, 4.69) is 30.5 Å². The van der Waals surface area contributed by atoms with Gasteiger partial charge in [-0.15, -0.1) is 5.10 Å². The Morgan fingerprint density at radius 1 is 1.00 bits per heavy atom. The van der Waals surface area contributed by atoms with Gasteiger partial charge in [0.05, 0.1) is 35.2 Å². The zero-order valence-electron chi connectivity index (χ0n) is 28.4. The van der Waals surface area contributed by atoms with E-state index in [4.69, 9.17) is 37.4 Å². The first-order valence-corrected chi connectivity index (χ1v) is 17.8. The fourth-order valence-electron chi connectivity index (χ4n) is 6.56. The minimum absolute atomic E-state index is 0.154. The first-order chi connectivity index (χ1) is 25.8. The van der Waals surface area contributed by atoms with E-state index in [1.807, 2.05) is 17.0 Å². The summed E-state index contributed by atoms with van der Waals surface area (Å²) in [5.74, 6) is -0.389. The predicted octanol–water partition coefficient (Wildman–Crippen LogP) is 2.84. The molecule has 0 spiro atoms. The number of tetrazole rings is 1. The molecule has 2 aliphatic rings. The molecule has 2 atom stereocenters. The van der Waals surface area contributed by atoms with E-state index in [9.17, 15) is 15.0 Å². The topological polar surface area (TPSA) is 171 Å². The van der Waals surface area contributed by atoms with Crippen LogP contribution in [0.25, 0.3) is 5.69 Å². The van der Waals surface area contributed by atoms with Crippen LogP contribution in [0.2, 0.25) is 10.0 Å². The van der Waals surface area contributed by atoms with Gasteiger partial charge in [0.2, 0.25) is 5.79 Å². The van der Waals surface area contributed by atoms with Crippen molar-refractivity contribution in [3.05, 3.63) is 99.3 Å². The van der Waals surface area contributed by atoms with Gasteiger partial charge in [-0.1, -0.05) is 29.3 Å². The minimum Gasteiger partial charge on any atom is -0.489 e. The summed E-state index contributed by atoms with van der Waals surface area (Å²) >= 11 is 12.7. The molecule has 280 valence electrons. The fourth-order valence-corrected chi connectivity index (χ4v) is 7.12. The predicted molar refractivity (Wildman–Crippen MR) is 191 cm³/mol. The third-order valence-corrected chi connectivity index (χ3v) is 9.78. The minimum atomic E-state index is -1.25. The quantitative estimate of drug-likeness (QED) is 0.169. The van der Waals surface area contributed by atoms with Crippen molar-refractivity contribution >= 4 is 34.7 Å². The Hall–Kier alpha value is -4.65. The van der Waals surface area contributed by atoms with E-state index in [1.54, 1.807) is 36.5 Å². The monoisotopic (exact) mass is 770 g/mol. The molecule has 0 aliphatic carbocycles. The average molecular weight is 772 g/mol. The van der Waals surface area contributed by atoms with Gasteiger partial charge in [0.25, 0.3) is 0 Å². The van der Waals surface area contributed by atoms with Crippen molar-refractivity contribution in [1.29, 1.82) is 0 Å². The smallest absolute Gasteiger partial charge is 0.350 e. The highest BCUT2D eigenvalue weighted by Crippen LogP contribution is 2.40. The van der Waals surface area contributed by atoms with E-state index in [-0.39, 0.29) is 45.8 Å². The Morgan fingerprint density at radius 2 is 1.79 bits per heavy atom. The number of benzene rings is 2. The number of halogens is 3. The van der Waals surface area contributed by atoms with Crippen molar-refractivity contribution in [2.75, 3.05) is 62.4 Å². The van der Waals surface area contributed by atoms with Crippen LogP contribution in [-0.2, 0) is 21.8 Å². The molecule has 2 fully saturated rings. The van der Waals surface area contributed by atoms with Crippen molar-refractivity contribution in [3.63, 3.8) is 0 Å². The second-order valence-electron chi connectivity index (χ2n) is 12.6. The standard InChI is InChI=1S/C34H37Cl2FN10O6/c35-23-1-4-28(29(36)15-23)34(20-45-21-39-41-42-45)52-19-27(53-34)18-51-26-3-6-32(38-17-26)44-11-9-43(10-12-44)31-5-2-25(16-30(31)37)46-22-40-47(33(46)50)24(7-13-48)8-14-49/h1-6,15-17,21-22,24,27,48-49H,7-14,18-20H2/t27-,34-/m1/s1. The Bertz CT molecular complexity index is 2040. The van der Waals surface area contributed by atoms with Crippen molar-refractivity contribution in [2.45, 2.75) is 37.3 Å². The molecule has 0 unspecified atom stereocenters. The van der Waals surface area contributed by atoms with Crippen LogP contribution >= 0.6 is 23.2 Å². The normalized spacial score (nSPS) is 19.0. The maximum atomic E-state index is 15.4. The number of pyridine rings is 1. The van der Waals surface area contributed by atoms with Gasteiger partial charge in [0.1, 0.15) is 49.3 Å². The van der Waals surface area contributed by atoms with Crippen molar-refractivity contribution in [2.24, 2.45) is 0 Å². The molecule has 3 aromatic heterocycles. The lowest BCUT2D eigenvalue weighted by Crippen LogP contribution is -2.47. The number of hydrogen-bond donors (Lipinski definition) is 2. The fraction of sp³-hybridized carbons (Fsp3) is 0.412. The van der Waals surface area contributed by atoms with Gasteiger partial charge in [0, 0.05) is 56.0 Å². The van der Waals surface area contributed by atoms with Crippen LogP contribution in [0.15, 0.2) is 72.2 Å². The molecular weight excluding hydrogens is 734 g/mol. The molecule has 2 N–H and O–H groups in total. The SMILES string of the molecule is O=c1n(-c2ccc(N3CCN(c4ccc(OC[C@@H]5CO[C@@](Cn6cnnn6)(c6ccc(Cl)cc6Cl)O5)cn4)CC3)c(F)c2)cnn1C(CCO)CCO. The lowest BCUT2D eigenvalue weighted by Gasteiger charge is -2.36. The lowest BCUT2D eigenvalue weighted by molar-refractivity contribution is -0.190. The lowest BCUT2D eigenvalue weighted by atomic mass is 10.1. The van der Waals surface area contributed by atoms with Crippen LogP contribution in [0.1, 0.15) is 24.4 Å². The van der Waals surface area contributed by atoms with Gasteiger partial charge >= 0.3 is 5.69 Å². The van der Waals surface area contributed by atoms with Gasteiger partial charge in [-0.3, -0.25) is 0 Å². The second kappa shape index (κ2) is 16.2. The van der Waals surface area contributed by atoms with Crippen LogP contribution in [0, 0.1) is 5.82 Å². The summed E-state index contributed by atoms with van der Waals surface area (Å²) in [4.78, 5) is 21.7. The maximum absolute atomic E-state index is 15.4. The molecule has 0 bridgehead atoms. The summed E-state index contributed by atoms with van der Waals surface area (Å²) in [5, 5.41) is 35.1. The first-order valence-electron chi connectivity index (χ1n) is 17.0. The van der Waals surface area contributed by atoms with Gasteiger partial charge in [0.15, 0.2) is 0 Å². The molecule has 7 rings (SSSR count). The summed E-state index contributed by atoms with van der Waals surface area (Å²) in [6, 6.07) is 13.0. The highest BCUT2D eigenvalue weighted by Gasteiger charge is 2.46. The molecule has 0 amide bonds. The number of rotatable bonds is 14. The van der Waals surface area contributed by atoms with Crippen molar-refractivity contribution in [1.82, 2.24) is 39.5 Å². The first kappa shape index (κ1) is 36.7. The number of nitrogens with zero attached hydrogens (tertiary/aromatic N) is 10. The molecular formula is C34H37Cl2FN10O6. The third kappa shape index (κ3) is 8.00. The summed E-state index contributed by atoms with van der Waals surface area (Å²) in [6.07, 6.45) is 4.55. The van der Waals surface area contributed by atoms with Gasteiger partial charge in [-0.2, -0.15) is 5.10 Å². The third-order valence-electron chi connectivity index (χ3n) is 9.24. The Morgan fingerprint density at radius 3 is 2.47 bits per heavy atom. The van der Waals surface area contributed by atoms with E-state index >= 15 is 4.39 Å². The Kier molecular flexibility index (Phi) is 11.2. The zero-order valence-corrected chi connectivity index (χ0v) is 29.9. The number of aliphatic hydroxyl groups is 2. The number of hydrogen-bond acceptors (Lipinski definition) is 13. The molecule has 0 saturated carbocycles. The molecule has 2 saturated heterocycles. The number of aromatic nitrogens is 8. The molecule has 16 nitrogen and oxygen atoms in total. The number of anilines is 2. The zero-order chi connectivity index (χ0) is 37.0. The van der Waals surface area contributed by atoms with Crippen LogP contribution in [-0.4, -0.2) is 108 Å². The second-order valence-corrected chi connectivity index (χ2v) is 13.5. The number of ether oxygens (including phenoxy) is 3. The number of aliphatic hydroxyl groups excluding tert-OH is 2. The Balaban J connectivity index is 0.934. The highest BCUT2D eigenvalue weighted by atomic mass is 35.5. The molecule has 0 radical (unpaired) electrons. The van der Waals surface area contributed by atoms with E-state index in [0.717, 1.165) is 5.82 Å². The van der Waals surface area contributed by atoms with Crippen LogP contribution in [0.3, 0.4) is 0 Å². The molecule has 5 heterocycles. The molecule has 19 heteroatoms. The summed E-state index contributed by atoms with van der Waals surface area (Å²) < 4.78 is 38.0. The van der Waals surface area contributed by atoms with Crippen LogP contribution in [0.5, 0.6) is 5.75 Å². The van der Waals surface area contributed by atoms with Crippen molar-refractivity contribution in [3.8, 4) is 11.4 Å². The van der Waals surface area contributed by atoms with Gasteiger partial charge in [-0.05, 0) is 59.7 Å². The molecule has 2 aliphatic heterocycles. The van der Waals surface area contributed by atoms with Crippen molar-refractivity contribution < 1.29 is 28.8 Å². The summed E-state index contributed by atoms with van der Waals surface area (Å²) in [5.41, 5.74) is 0.890. The van der Waals surface area contributed by atoms with E-state index in [0.29, 0.717) is 58.9 Å². The molecule has 53 heavy (non-hydrogen) atoms. The molecule has 2 aromatic carbocycles. The average Bonchev–Trinajstić information content (AvgIpc) is 3.92. The Labute approximate surface area is 312 Å². The number of piperazine rings is 1. The maximum Gasteiger partial charge on any atom is 0.350 e. The largest absolute Gasteiger partial charge is 0.489 e. The summed E-state index contributed by atoms with van der Waals surface area (Å²) in [7, 11) is 0. The van der Waals surface area contributed by atoms with Gasteiger partial charge in [-0.25, -0.2) is 28.1 Å². The van der Waals surface area contributed by atoms with E-state index < -0.39 is 29.4 Å². The van der Waals surface area contributed by atoms with E-state index in [1.165, 1.54) is 32.7 Å².